The lowest BCUT2D eigenvalue weighted by molar-refractivity contribution is 0.752. The van der Waals surface area contributed by atoms with Crippen molar-refractivity contribution >= 4 is 17.0 Å². The Labute approximate surface area is 154 Å². The van der Waals surface area contributed by atoms with Gasteiger partial charge in [-0.25, -0.2) is 0 Å². The molecule has 5 rings (SSSR count). The Balaban J connectivity index is 1.61. The van der Waals surface area contributed by atoms with Gasteiger partial charge in [-0.2, -0.15) is 0 Å². The first-order chi connectivity index (χ1) is 12.8. The standard InChI is InChI=1S/C25H21N/c1-26-24-16-20(18-8-4-2-5-9-18)12-14-22(24)23-15-13-21(17-25(23)26)19-10-6-3-7-11-19/h2-16,21H,17H2,1H3. The molecule has 0 amide bonds. The van der Waals surface area contributed by atoms with E-state index < -0.39 is 0 Å². The smallest absolute Gasteiger partial charge is 0.0492 e. The Morgan fingerprint density at radius 3 is 2.31 bits per heavy atom. The first kappa shape index (κ1) is 15.2. The molecule has 0 bridgehead atoms. The van der Waals surface area contributed by atoms with Gasteiger partial charge in [0.05, 0.1) is 0 Å². The molecule has 1 heterocycles. The van der Waals surface area contributed by atoms with E-state index in [9.17, 15) is 0 Å². The Bertz CT molecular complexity index is 1100. The van der Waals surface area contributed by atoms with Crippen LogP contribution in [0, 0.1) is 0 Å². The highest BCUT2D eigenvalue weighted by molar-refractivity contribution is 5.94. The number of hydrogen-bond donors (Lipinski definition) is 0. The molecule has 0 spiro atoms. The van der Waals surface area contributed by atoms with Gasteiger partial charge < -0.3 is 4.57 Å². The van der Waals surface area contributed by atoms with Crippen molar-refractivity contribution in [2.75, 3.05) is 0 Å². The number of fused-ring (bicyclic) bond motifs is 3. The van der Waals surface area contributed by atoms with E-state index in [0.717, 1.165) is 6.42 Å². The maximum Gasteiger partial charge on any atom is 0.0492 e. The van der Waals surface area contributed by atoms with Crippen LogP contribution < -0.4 is 0 Å². The van der Waals surface area contributed by atoms with Gasteiger partial charge in [0.2, 0.25) is 0 Å². The normalized spacial score (nSPS) is 16.0. The fraction of sp³-hybridized carbons (Fsp3) is 0.120. The van der Waals surface area contributed by atoms with Crippen LogP contribution in [0.25, 0.3) is 28.1 Å². The predicted molar refractivity (Wildman–Crippen MR) is 110 cm³/mol. The summed E-state index contributed by atoms with van der Waals surface area (Å²) in [5.74, 6) is 0.459. The van der Waals surface area contributed by atoms with E-state index in [1.807, 2.05) is 0 Å². The van der Waals surface area contributed by atoms with Gasteiger partial charge in [0.25, 0.3) is 0 Å². The fourth-order valence-electron chi connectivity index (χ4n) is 4.18. The lowest BCUT2D eigenvalue weighted by Crippen LogP contribution is -2.08. The number of benzene rings is 3. The molecule has 1 heteroatoms. The van der Waals surface area contributed by atoms with Crippen molar-refractivity contribution in [1.29, 1.82) is 0 Å². The molecule has 0 radical (unpaired) electrons. The van der Waals surface area contributed by atoms with E-state index in [2.05, 4.69) is 103 Å². The van der Waals surface area contributed by atoms with E-state index >= 15 is 0 Å². The van der Waals surface area contributed by atoms with Gasteiger partial charge >= 0.3 is 0 Å². The van der Waals surface area contributed by atoms with Crippen LogP contribution in [0.4, 0.5) is 0 Å². The maximum atomic E-state index is 2.39. The third-order valence-electron chi connectivity index (χ3n) is 5.61. The van der Waals surface area contributed by atoms with Crippen LogP contribution >= 0.6 is 0 Å². The highest BCUT2D eigenvalue weighted by Gasteiger charge is 2.21. The SMILES string of the molecule is Cn1c2c(c3ccc(-c4ccccc4)cc31)C=CC(c1ccccc1)C2. The molecule has 0 saturated carbocycles. The fourth-order valence-corrected chi connectivity index (χ4v) is 4.18. The van der Waals surface area contributed by atoms with Crippen molar-refractivity contribution in [3.8, 4) is 11.1 Å². The Morgan fingerprint density at radius 1 is 0.808 bits per heavy atom. The zero-order chi connectivity index (χ0) is 17.5. The average molecular weight is 335 g/mol. The zero-order valence-corrected chi connectivity index (χ0v) is 14.9. The minimum Gasteiger partial charge on any atom is -0.347 e. The van der Waals surface area contributed by atoms with Crippen molar-refractivity contribution in [3.05, 3.63) is 102 Å². The van der Waals surface area contributed by atoms with Crippen LogP contribution in [-0.2, 0) is 13.5 Å². The Morgan fingerprint density at radius 2 is 1.54 bits per heavy atom. The van der Waals surface area contributed by atoms with Crippen LogP contribution in [-0.4, -0.2) is 4.57 Å². The number of rotatable bonds is 2. The number of aromatic nitrogens is 1. The molecule has 4 aromatic rings. The molecule has 126 valence electrons. The zero-order valence-electron chi connectivity index (χ0n) is 14.9. The molecule has 26 heavy (non-hydrogen) atoms. The van der Waals surface area contributed by atoms with Crippen molar-refractivity contribution < 1.29 is 0 Å². The third kappa shape index (κ3) is 2.40. The highest BCUT2D eigenvalue weighted by Crippen LogP contribution is 2.37. The van der Waals surface area contributed by atoms with E-state index in [-0.39, 0.29) is 0 Å². The summed E-state index contributed by atoms with van der Waals surface area (Å²) >= 11 is 0. The summed E-state index contributed by atoms with van der Waals surface area (Å²) in [6.07, 6.45) is 5.74. The lowest BCUT2D eigenvalue weighted by Gasteiger charge is -2.19. The molecule has 1 aliphatic rings. The monoisotopic (exact) mass is 335 g/mol. The van der Waals surface area contributed by atoms with Gasteiger partial charge in [-0.3, -0.25) is 0 Å². The average Bonchev–Trinajstić information content (AvgIpc) is 3.01. The summed E-state index contributed by atoms with van der Waals surface area (Å²) in [4.78, 5) is 0. The molecule has 1 atom stereocenters. The van der Waals surface area contributed by atoms with Gasteiger partial charge in [-0.1, -0.05) is 84.9 Å². The van der Waals surface area contributed by atoms with Crippen molar-refractivity contribution in [2.24, 2.45) is 7.05 Å². The van der Waals surface area contributed by atoms with Crippen LogP contribution in [0.15, 0.2) is 84.9 Å². The van der Waals surface area contributed by atoms with Crippen molar-refractivity contribution in [2.45, 2.75) is 12.3 Å². The van der Waals surface area contributed by atoms with E-state index in [4.69, 9.17) is 0 Å². The lowest BCUT2D eigenvalue weighted by atomic mass is 9.88. The second-order valence-electron chi connectivity index (χ2n) is 7.10. The van der Waals surface area contributed by atoms with Gasteiger partial charge in [-0.05, 0) is 29.2 Å². The first-order valence-electron chi connectivity index (χ1n) is 9.21. The molecule has 0 aliphatic heterocycles. The van der Waals surface area contributed by atoms with Gasteiger partial charge in [-0.15, -0.1) is 0 Å². The molecular formula is C25H21N. The summed E-state index contributed by atoms with van der Waals surface area (Å²) in [7, 11) is 2.21. The first-order valence-corrected chi connectivity index (χ1v) is 9.21. The summed E-state index contributed by atoms with van der Waals surface area (Å²) in [5, 5.41) is 1.35. The summed E-state index contributed by atoms with van der Waals surface area (Å²) < 4.78 is 2.39. The minimum absolute atomic E-state index is 0.459. The van der Waals surface area contributed by atoms with Crippen LogP contribution in [0.3, 0.4) is 0 Å². The second kappa shape index (κ2) is 6.03. The topological polar surface area (TPSA) is 4.93 Å². The molecule has 1 unspecified atom stereocenters. The summed E-state index contributed by atoms with van der Waals surface area (Å²) in [6, 6.07) is 28.3. The third-order valence-corrected chi connectivity index (χ3v) is 5.61. The molecule has 1 aliphatic carbocycles. The van der Waals surface area contributed by atoms with Crippen molar-refractivity contribution in [3.63, 3.8) is 0 Å². The van der Waals surface area contributed by atoms with E-state index in [0.29, 0.717) is 5.92 Å². The Kier molecular flexibility index (Phi) is 3.53. The predicted octanol–water partition coefficient (Wildman–Crippen LogP) is 6.20. The minimum atomic E-state index is 0.459. The Hall–Kier alpha value is -3.06. The molecule has 0 fully saturated rings. The van der Waals surface area contributed by atoms with Crippen LogP contribution in [0.2, 0.25) is 0 Å². The van der Waals surface area contributed by atoms with Crippen LogP contribution in [0.5, 0.6) is 0 Å². The second-order valence-corrected chi connectivity index (χ2v) is 7.10. The largest absolute Gasteiger partial charge is 0.347 e. The number of allylic oxidation sites excluding steroid dienone is 1. The summed E-state index contributed by atoms with van der Waals surface area (Å²) in [6.45, 7) is 0. The molecule has 0 N–H and O–H groups in total. The molecule has 0 saturated heterocycles. The van der Waals surface area contributed by atoms with E-state index in [1.165, 1.54) is 38.9 Å². The molecule has 1 aromatic heterocycles. The maximum absolute atomic E-state index is 2.39. The van der Waals surface area contributed by atoms with Gasteiger partial charge in [0, 0.05) is 35.1 Å². The number of hydrogen-bond acceptors (Lipinski definition) is 0. The van der Waals surface area contributed by atoms with Gasteiger partial charge in [0.15, 0.2) is 0 Å². The highest BCUT2D eigenvalue weighted by atomic mass is 15.0. The molecular weight excluding hydrogens is 314 g/mol. The quantitative estimate of drug-likeness (QED) is 0.411. The molecule has 3 aromatic carbocycles. The molecule has 1 nitrogen and oxygen atoms in total. The summed E-state index contributed by atoms with van der Waals surface area (Å²) in [5.41, 5.74) is 8.07. The van der Waals surface area contributed by atoms with Crippen molar-refractivity contribution in [1.82, 2.24) is 4.57 Å². The number of nitrogens with zero attached hydrogens (tertiary/aromatic N) is 1. The van der Waals surface area contributed by atoms with Gasteiger partial charge in [0.1, 0.15) is 0 Å². The van der Waals surface area contributed by atoms with E-state index in [1.54, 1.807) is 0 Å². The van der Waals surface area contributed by atoms with Crippen LogP contribution in [0.1, 0.15) is 22.7 Å². The number of aryl methyl sites for hydroxylation is 1.